The van der Waals surface area contributed by atoms with Crippen molar-refractivity contribution in [2.24, 2.45) is 0 Å². The fourth-order valence-corrected chi connectivity index (χ4v) is 2.23. The van der Waals surface area contributed by atoms with Crippen LogP contribution >= 0.6 is 11.3 Å². The van der Waals surface area contributed by atoms with Crippen molar-refractivity contribution in [3.63, 3.8) is 0 Å². The van der Waals surface area contributed by atoms with E-state index < -0.39 is 0 Å². The van der Waals surface area contributed by atoms with Crippen LogP contribution in [0.25, 0.3) is 0 Å². The first-order valence-corrected chi connectivity index (χ1v) is 6.54. The highest BCUT2D eigenvalue weighted by molar-refractivity contribution is 7.08. The third-order valence-corrected chi connectivity index (χ3v) is 3.27. The smallest absolute Gasteiger partial charge is 0.314 e. The van der Waals surface area contributed by atoms with Gasteiger partial charge in [-0.1, -0.05) is 13.8 Å². The highest BCUT2D eigenvalue weighted by atomic mass is 32.1. The van der Waals surface area contributed by atoms with Gasteiger partial charge >= 0.3 is 6.03 Å². The van der Waals surface area contributed by atoms with E-state index in [2.05, 4.69) is 41.3 Å². The maximum Gasteiger partial charge on any atom is 0.314 e. The summed E-state index contributed by atoms with van der Waals surface area (Å²) in [6.45, 7) is 5.90. The fraction of sp³-hybridized carbons (Fsp3) is 0.583. The van der Waals surface area contributed by atoms with Crippen LogP contribution in [0, 0.1) is 0 Å². The number of hydrogen-bond donors (Lipinski definition) is 2. The quantitative estimate of drug-likeness (QED) is 0.765. The molecule has 0 saturated carbocycles. The number of carbonyl (C=O) groups excluding carboxylic acids is 1. The van der Waals surface area contributed by atoms with Gasteiger partial charge in [0.1, 0.15) is 0 Å². The number of urea groups is 1. The minimum Gasteiger partial charge on any atom is -0.383 e. The molecule has 1 heterocycles. The highest BCUT2D eigenvalue weighted by Gasteiger charge is 2.21. The third-order valence-electron chi connectivity index (χ3n) is 2.59. The van der Waals surface area contributed by atoms with E-state index in [1.807, 2.05) is 0 Å². The predicted octanol–water partition coefficient (Wildman–Crippen LogP) is 1.97. The van der Waals surface area contributed by atoms with Crippen molar-refractivity contribution in [2.45, 2.75) is 19.3 Å². The van der Waals surface area contributed by atoms with E-state index in [-0.39, 0.29) is 11.4 Å². The topological polar surface area (TPSA) is 50.4 Å². The van der Waals surface area contributed by atoms with E-state index in [1.54, 1.807) is 18.4 Å². The summed E-state index contributed by atoms with van der Waals surface area (Å²) in [5, 5.41) is 9.77. The molecule has 96 valence electrons. The molecule has 0 unspecified atom stereocenters. The average Bonchev–Trinajstić information content (AvgIpc) is 2.81. The Morgan fingerprint density at radius 2 is 2.24 bits per heavy atom. The number of rotatable bonds is 6. The Morgan fingerprint density at radius 3 is 2.82 bits per heavy atom. The lowest BCUT2D eigenvalue weighted by molar-refractivity contribution is 0.195. The fourth-order valence-electron chi connectivity index (χ4n) is 1.38. The second kappa shape index (κ2) is 6.61. The Hall–Kier alpha value is -1.07. The monoisotopic (exact) mass is 256 g/mol. The van der Waals surface area contributed by atoms with E-state index in [9.17, 15) is 4.79 Å². The van der Waals surface area contributed by atoms with Gasteiger partial charge in [0.2, 0.25) is 0 Å². The Balaban J connectivity index is 2.32. The molecule has 0 radical (unpaired) electrons. The molecule has 0 aliphatic rings. The van der Waals surface area contributed by atoms with Gasteiger partial charge in [0.05, 0.1) is 6.61 Å². The number of carbonyl (C=O) groups is 1. The lowest BCUT2D eigenvalue weighted by Crippen LogP contribution is -2.43. The summed E-state index contributed by atoms with van der Waals surface area (Å²) in [7, 11) is 1.61. The van der Waals surface area contributed by atoms with Crippen LogP contribution < -0.4 is 10.6 Å². The van der Waals surface area contributed by atoms with Crippen molar-refractivity contribution in [3.8, 4) is 0 Å². The van der Waals surface area contributed by atoms with E-state index >= 15 is 0 Å². The Bertz CT molecular complexity index is 336. The molecule has 0 spiro atoms. The van der Waals surface area contributed by atoms with E-state index in [1.165, 1.54) is 5.56 Å². The molecule has 17 heavy (non-hydrogen) atoms. The molecule has 0 aliphatic carbocycles. The average molecular weight is 256 g/mol. The molecule has 0 aromatic carbocycles. The summed E-state index contributed by atoms with van der Waals surface area (Å²) in [6, 6.07) is 1.94. The Labute approximate surface area is 106 Å². The zero-order chi connectivity index (χ0) is 12.7. The molecule has 4 nitrogen and oxygen atoms in total. The van der Waals surface area contributed by atoms with Gasteiger partial charge in [-0.05, 0) is 22.4 Å². The van der Waals surface area contributed by atoms with Crippen molar-refractivity contribution in [1.29, 1.82) is 0 Å². The van der Waals surface area contributed by atoms with Gasteiger partial charge in [0, 0.05) is 25.6 Å². The molecule has 1 rings (SSSR count). The summed E-state index contributed by atoms with van der Waals surface area (Å²) in [5.74, 6) is 0. The second-order valence-corrected chi connectivity index (χ2v) is 5.28. The minimum absolute atomic E-state index is 0.0431. The number of nitrogens with one attached hydrogen (secondary N) is 2. The van der Waals surface area contributed by atoms with Gasteiger partial charge in [-0.15, -0.1) is 0 Å². The zero-order valence-electron chi connectivity index (χ0n) is 10.6. The van der Waals surface area contributed by atoms with Gasteiger partial charge < -0.3 is 15.4 Å². The van der Waals surface area contributed by atoms with Crippen LogP contribution in [-0.4, -0.2) is 32.8 Å². The normalized spacial score (nSPS) is 11.2. The Morgan fingerprint density at radius 1 is 1.47 bits per heavy atom. The second-order valence-electron chi connectivity index (χ2n) is 4.50. The zero-order valence-corrected chi connectivity index (χ0v) is 11.4. The Kier molecular flexibility index (Phi) is 5.44. The van der Waals surface area contributed by atoms with Gasteiger partial charge in [0.25, 0.3) is 0 Å². The highest BCUT2D eigenvalue weighted by Crippen LogP contribution is 2.24. The molecule has 0 atom stereocenters. The van der Waals surface area contributed by atoms with Crippen molar-refractivity contribution in [3.05, 3.63) is 22.4 Å². The molecule has 0 aliphatic heterocycles. The number of amides is 2. The first-order valence-electron chi connectivity index (χ1n) is 5.59. The van der Waals surface area contributed by atoms with Gasteiger partial charge in [-0.2, -0.15) is 11.3 Å². The predicted molar refractivity (Wildman–Crippen MR) is 70.6 cm³/mol. The first kappa shape index (κ1) is 14.0. The molecular formula is C12H20N2O2S. The molecule has 2 N–H and O–H groups in total. The van der Waals surface area contributed by atoms with Gasteiger partial charge in [-0.3, -0.25) is 0 Å². The molecular weight excluding hydrogens is 236 g/mol. The number of thiophene rings is 1. The lowest BCUT2D eigenvalue weighted by Gasteiger charge is -2.24. The van der Waals surface area contributed by atoms with Crippen LogP contribution in [0.1, 0.15) is 19.4 Å². The summed E-state index contributed by atoms with van der Waals surface area (Å²) >= 11 is 1.67. The maximum absolute atomic E-state index is 11.5. The SMILES string of the molecule is COCCNC(=O)NCC(C)(C)c1ccsc1. The van der Waals surface area contributed by atoms with Crippen molar-refractivity contribution >= 4 is 17.4 Å². The van der Waals surface area contributed by atoms with Crippen LogP contribution in [0.3, 0.4) is 0 Å². The first-order chi connectivity index (χ1) is 8.06. The third kappa shape index (κ3) is 4.75. The summed E-state index contributed by atoms with van der Waals surface area (Å²) in [6.07, 6.45) is 0. The summed E-state index contributed by atoms with van der Waals surface area (Å²) in [5.41, 5.74) is 1.21. The van der Waals surface area contributed by atoms with E-state index in [0.29, 0.717) is 19.7 Å². The molecule has 5 heteroatoms. The summed E-state index contributed by atoms with van der Waals surface area (Å²) in [4.78, 5) is 11.5. The van der Waals surface area contributed by atoms with Crippen LogP contribution in [0.4, 0.5) is 4.79 Å². The molecule has 1 aromatic heterocycles. The number of methoxy groups -OCH3 is 1. The molecule has 0 bridgehead atoms. The van der Waals surface area contributed by atoms with Crippen LogP contribution in [-0.2, 0) is 10.2 Å². The van der Waals surface area contributed by atoms with E-state index in [0.717, 1.165) is 0 Å². The molecule has 2 amide bonds. The van der Waals surface area contributed by atoms with Gasteiger partial charge in [0.15, 0.2) is 0 Å². The van der Waals surface area contributed by atoms with Crippen molar-refractivity contribution in [2.75, 3.05) is 26.8 Å². The van der Waals surface area contributed by atoms with Gasteiger partial charge in [-0.25, -0.2) is 4.79 Å². The van der Waals surface area contributed by atoms with E-state index in [4.69, 9.17) is 4.74 Å². The lowest BCUT2D eigenvalue weighted by atomic mass is 9.87. The molecule has 1 aromatic rings. The standard InChI is InChI=1S/C12H20N2O2S/c1-12(2,10-4-7-17-8-10)9-14-11(15)13-5-6-16-3/h4,7-8H,5-6,9H2,1-3H3,(H2,13,14,15). The van der Waals surface area contributed by atoms with Crippen LogP contribution in [0.2, 0.25) is 0 Å². The van der Waals surface area contributed by atoms with Crippen molar-refractivity contribution in [1.82, 2.24) is 10.6 Å². The molecule has 0 saturated heterocycles. The largest absolute Gasteiger partial charge is 0.383 e. The maximum atomic E-state index is 11.5. The van der Waals surface area contributed by atoms with Crippen LogP contribution in [0.15, 0.2) is 16.8 Å². The summed E-state index contributed by atoms with van der Waals surface area (Å²) < 4.78 is 4.86. The van der Waals surface area contributed by atoms with Crippen molar-refractivity contribution < 1.29 is 9.53 Å². The van der Waals surface area contributed by atoms with Crippen LogP contribution in [0.5, 0.6) is 0 Å². The molecule has 0 fully saturated rings. The minimum atomic E-state index is -0.148. The number of ether oxygens (including phenoxy) is 1. The number of hydrogen-bond acceptors (Lipinski definition) is 3.